The van der Waals surface area contributed by atoms with Crippen LogP contribution in [0.1, 0.15) is 13.3 Å². The third-order valence-corrected chi connectivity index (χ3v) is 2.55. The highest BCUT2D eigenvalue weighted by Crippen LogP contribution is 2.36. The van der Waals surface area contributed by atoms with Gasteiger partial charge in [-0.05, 0) is 6.42 Å². The molecule has 0 unspecified atom stereocenters. The van der Waals surface area contributed by atoms with Gasteiger partial charge in [0.2, 0.25) is 0 Å². The van der Waals surface area contributed by atoms with Crippen LogP contribution in [-0.2, 0) is 9.59 Å². The fourth-order valence-electron chi connectivity index (χ4n) is 1.10. The highest BCUT2D eigenvalue weighted by molar-refractivity contribution is 9.09. The summed E-state index contributed by atoms with van der Waals surface area (Å²) < 4.78 is 61.7. The summed E-state index contributed by atoms with van der Waals surface area (Å²) in [5.74, 6) is -8.53. The van der Waals surface area contributed by atoms with E-state index in [-0.39, 0.29) is 23.2 Å². The van der Waals surface area contributed by atoms with Gasteiger partial charge in [0.1, 0.15) is 0 Å². The van der Waals surface area contributed by atoms with E-state index >= 15 is 0 Å². The molecule has 0 spiro atoms. The van der Waals surface area contributed by atoms with E-state index in [1.165, 1.54) is 6.92 Å². The van der Waals surface area contributed by atoms with Crippen molar-refractivity contribution in [3.63, 3.8) is 0 Å². The molecule has 18 heavy (non-hydrogen) atoms. The van der Waals surface area contributed by atoms with E-state index in [2.05, 4.69) is 15.9 Å². The van der Waals surface area contributed by atoms with Crippen LogP contribution < -0.4 is 0 Å². The average Bonchev–Trinajstić information content (AvgIpc) is 2.25. The molecule has 9 heteroatoms. The molecule has 3 nitrogen and oxygen atoms in total. The van der Waals surface area contributed by atoms with Gasteiger partial charge in [0.05, 0.1) is 11.9 Å². The van der Waals surface area contributed by atoms with Gasteiger partial charge in [0, 0.05) is 6.54 Å². The summed E-state index contributed by atoms with van der Waals surface area (Å²) >= 11 is 2.74. The smallest absolute Gasteiger partial charge is 0.330 e. The minimum atomic E-state index is -5.96. The molecule has 0 bridgehead atoms. The quantitative estimate of drug-likeness (QED) is 0.550. The standard InChI is InChI=1S/C9H11BrF5NO2/c1-2-3-16(5-6(17)4-10)7(18)8(11,12)9(13,14)15/h2-5H2,1H3. The molecule has 0 aromatic rings. The maximum absolute atomic E-state index is 12.8. The molecular weight excluding hydrogens is 329 g/mol. The number of Topliss-reactive ketones (excluding diaryl/α,β-unsaturated/α-hetero) is 1. The molecule has 106 valence electrons. The molecule has 0 saturated heterocycles. The highest BCUT2D eigenvalue weighted by Gasteiger charge is 2.64. The predicted molar refractivity (Wildman–Crippen MR) is 56.7 cm³/mol. The van der Waals surface area contributed by atoms with Gasteiger partial charge in [-0.15, -0.1) is 0 Å². The Morgan fingerprint density at radius 1 is 1.17 bits per heavy atom. The zero-order valence-electron chi connectivity index (χ0n) is 9.36. The number of alkyl halides is 6. The Hall–Kier alpha value is -0.730. The van der Waals surface area contributed by atoms with Gasteiger partial charge >= 0.3 is 18.0 Å². The van der Waals surface area contributed by atoms with Crippen molar-refractivity contribution in [1.82, 2.24) is 4.90 Å². The first-order valence-corrected chi connectivity index (χ1v) is 6.01. The molecule has 1 amide bonds. The molecule has 0 aromatic carbocycles. The number of rotatable bonds is 6. The number of nitrogens with zero attached hydrogens (tertiary/aromatic N) is 1. The lowest BCUT2D eigenvalue weighted by molar-refractivity contribution is -0.274. The summed E-state index contributed by atoms with van der Waals surface area (Å²) in [7, 11) is 0. The molecular formula is C9H11BrF5NO2. The summed E-state index contributed by atoms with van der Waals surface area (Å²) in [4.78, 5) is 22.4. The van der Waals surface area contributed by atoms with Crippen LogP contribution in [0.3, 0.4) is 0 Å². The Balaban J connectivity index is 5.02. The molecule has 0 heterocycles. The van der Waals surface area contributed by atoms with Crippen molar-refractivity contribution >= 4 is 27.6 Å². The molecule has 0 rings (SSSR count). The second-order valence-electron chi connectivity index (χ2n) is 3.47. The Bertz CT molecular complexity index is 319. The highest BCUT2D eigenvalue weighted by atomic mass is 79.9. The number of hydrogen-bond donors (Lipinski definition) is 0. The van der Waals surface area contributed by atoms with Crippen molar-refractivity contribution in [2.24, 2.45) is 0 Å². The van der Waals surface area contributed by atoms with Crippen molar-refractivity contribution in [1.29, 1.82) is 0 Å². The van der Waals surface area contributed by atoms with Gasteiger partial charge in [-0.1, -0.05) is 22.9 Å². The Morgan fingerprint density at radius 3 is 2.00 bits per heavy atom. The van der Waals surface area contributed by atoms with E-state index in [1.54, 1.807) is 0 Å². The molecule has 0 aliphatic rings. The molecule has 0 fully saturated rings. The number of halogens is 6. The summed E-state index contributed by atoms with van der Waals surface area (Å²) in [5, 5.41) is -0.224. The third kappa shape index (κ3) is 4.18. The fraction of sp³-hybridized carbons (Fsp3) is 0.778. The fourth-order valence-corrected chi connectivity index (χ4v) is 1.27. The van der Waals surface area contributed by atoms with Crippen LogP contribution in [0, 0.1) is 0 Å². The van der Waals surface area contributed by atoms with Gasteiger partial charge in [-0.25, -0.2) is 0 Å². The molecule has 0 aliphatic heterocycles. The minimum Gasteiger partial charge on any atom is -0.330 e. The molecule has 0 saturated carbocycles. The minimum absolute atomic E-state index is 0.162. The lowest BCUT2D eigenvalue weighted by atomic mass is 10.2. The number of carbonyl (C=O) groups excluding carboxylic acids is 2. The van der Waals surface area contributed by atoms with E-state index in [1.807, 2.05) is 0 Å². The zero-order chi connectivity index (χ0) is 14.6. The van der Waals surface area contributed by atoms with E-state index in [0.717, 1.165) is 0 Å². The SMILES string of the molecule is CCCN(CC(=O)CBr)C(=O)C(F)(F)C(F)(F)F. The molecule has 0 aromatic heterocycles. The van der Waals surface area contributed by atoms with Crippen LogP contribution in [0.5, 0.6) is 0 Å². The summed E-state index contributed by atoms with van der Waals surface area (Å²) in [5.41, 5.74) is 0. The molecule has 0 atom stereocenters. The second kappa shape index (κ2) is 6.44. The van der Waals surface area contributed by atoms with Crippen LogP contribution in [0.25, 0.3) is 0 Å². The van der Waals surface area contributed by atoms with Gasteiger partial charge in [-0.2, -0.15) is 22.0 Å². The number of ketones is 1. The van der Waals surface area contributed by atoms with Crippen LogP contribution in [0.4, 0.5) is 22.0 Å². The number of amides is 1. The Morgan fingerprint density at radius 2 is 1.67 bits per heavy atom. The van der Waals surface area contributed by atoms with E-state index in [9.17, 15) is 31.5 Å². The topological polar surface area (TPSA) is 37.4 Å². The van der Waals surface area contributed by atoms with Crippen molar-refractivity contribution in [2.75, 3.05) is 18.4 Å². The first-order valence-electron chi connectivity index (χ1n) is 4.89. The normalized spacial score (nSPS) is 12.4. The van der Waals surface area contributed by atoms with Crippen LogP contribution in [0.15, 0.2) is 0 Å². The van der Waals surface area contributed by atoms with E-state index in [0.29, 0.717) is 0 Å². The van der Waals surface area contributed by atoms with E-state index < -0.39 is 30.3 Å². The maximum atomic E-state index is 12.8. The third-order valence-electron chi connectivity index (χ3n) is 1.92. The van der Waals surface area contributed by atoms with Gasteiger partial charge in [0.25, 0.3) is 0 Å². The van der Waals surface area contributed by atoms with Gasteiger partial charge in [-0.3, -0.25) is 9.59 Å². The summed E-state index contributed by atoms with van der Waals surface area (Å²) in [6, 6.07) is 0. The second-order valence-corrected chi connectivity index (χ2v) is 4.03. The van der Waals surface area contributed by atoms with Crippen LogP contribution in [0.2, 0.25) is 0 Å². The van der Waals surface area contributed by atoms with Gasteiger partial charge < -0.3 is 4.90 Å². The average molecular weight is 340 g/mol. The largest absolute Gasteiger partial charge is 0.463 e. The zero-order valence-corrected chi connectivity index (χ0v) is 10.9. The summed E-state index contributed by atoms with van der Waals surface area (Å²) in [6.07, 6.45) is -5.80. The Labute approximate surface area is 108 Å². The van der Waals surface area contributed by atoms with E-state index in [4.69, 9.17) is 0 Å². The predicted octanol–water partition coefficient (Wildman–Crippen LogP) is 2.39. The molecule has 0 N–H and O–H groups in total. The number of hydrogen-bond acceptors (Lipinski definition) is 2. The number of carbonyl (C=O) groups is 2. The van der Waals surface area contributed by atoms with Crippen molar-refractivity contribution < 1.29 is 31.5 Å². The first-order chi connectivity index (χ1) is 8.07. The van der Waals surface area contributed by atoms with Crippen LogP contribution in [-0.4, -0.2) is 47.1 Å². The monoisotopic (exact) mass is 339 g/mol. The molecule has 0 aliphatic carbocycles. The first kappa shape index (κ1) is 17.3. The maximum Gasteiger partial charge on any atom is 0.463 e. The lowest BCUT2D eigenvalue weighted by Gasteiger charge is -2.27. The summed E-state index contributed by atoms with van der Waals surface area (Å²) in [6.45, 7) is 0.372. The van der Waals surface area contributed by atoms with Crippen molar-refractivity contribution in [2.45, 2.75) is 25.4 Å². The van der Waals surface area contributed by atoms with Gasteiger partial charge in [0.15, 0.2) is 5.78 Å². The van der Waals surface area contributed by atoms with Crippen LogP contribution >= 0.6 is 15.9 Å². The molecule has 0 radical (unpaired) electrons. The lowest BCUT2D eigenvalue weighted by Crippen LogP contribution is -2.53. The van der Waals surface area contributed by atoms with Crippen molar-refractivity contribution in [3.05, 3.63) is 0 Å². The van der Waals surface area contributed by atoms with Crippen molar-refractivity contribution in [3.8, 4) is 0 Å². The Kier molecular flexibility index (Phi) is 6.18.